The van der Waals surface area contributed by atoms with Crippen LogP contribution in [-0.4, -0.2) is 27.8 Å². The molecule has 120 valence electrons. The Morgan fingerprint density at radius 2 is 1.48 bits per heavy atom. The van der Waals surface area contributed by atoms with E-state index in [1.165, 1.54) is 26.0 Å². The highest BCUT2D eigenvalue weighted by Gasteiger charge is 2.55. The predicted octanol–water partition coefficient (Wildman–Crippen LogP) is 2.48. The normalized spacial score (nSPS) is 13.4. The van der Waals surface area contributed by atoms with Gasteiger partial charge in [0, 0.05) is 0 Å². The lowest BCUT2D eigenvalue weighted by Gasteiger charge is -2.32. The van der Waals surface area contributed by atoms with Crippen LogP contribution in [0.5, 0.6) is 5.75 Å². The van der Waals surface area contributed by atoms with Gasteiger partial charge in [0.15, 0.2) is 14.3 Å². The second-order valence-corrected chi connectivity index (χ2v) is 9.61. The van der Waals surface area contributed by atoms with Gasteiger partial charge in [-0.3, -0.25) is 4.57 Å². The van der Waals surface area contributed by atoms with Crippen molar-refractivity contribution in [2.45, 2.75) is 49.9 Å². The lowest BCUT2D eigenvalue weighted by atomic mass is 10.1. The molecule has 8 heteroatoms. The highest BCUT2D eigenvalue weighted by molar-refractivity contribution is 7.99. The minimum atomic E-state index is -4.89. The van der Waals surface area contributed by atoms with Gasteiger partial charge in [-0.1, -0.05) is 13.8 Å². The largest absolute Gasteiger partial charge is 0.507 e. The first-order valence-corrected chi connectivity index (χ1v) is 9.64. The summed E-state index contributed by atoms with van der Waals surface area (Å²) in [5, 5.41) is 9.73. The summed E-state index contributed by atoms with van der Waals surface area (Å²) >= 11 is 0. The third-order valence-corrected chi connectivity index (χ3v) is 9.47. The van der Waals surface area contributed by atoms with Crippen molar-refractivity contribution in [1.82, 2.24) is 0 Å². The van der Waals surface area contributed by atoms with Crippen LogP contribution in [0.3, 0.4) is 0 Å². The Hall–Kier alpha value is -0.880. The minimum Gasteiger partial charge on any atom is -0.507 e. The first-order chi connectivity index (χ1) is 9.44. The van der Waals surface area contributed by atoms with E-state index in [0.717, 1.165) is 0 Å². The Labute approximate surface area is 124 Å². The van der Waals surface area contributed by atoms with E-state index in [-0.39, 0.29) is 23.5 Å². The van der Waals surface area contributed by atoms with Gasteiger partial charge in [0.05, 0.1) is 4.90 Å². The molecule has 1 aromatic rings. The summed E-state index contributed by atoms with van der Waals surface area (Å²) in [5.74, 6) is -0.0243. The maximum Gasteiger partial charge on any atom is 0.347 e. The molecule has 1 aromatic carbocycles. The lowest BCUT2D eigenvalue weighted by molar-refractivity contribution is 0.341. The average Bonchev–Trinajstić information content (AvgIpc) is 2.35. The number of rotatable bonds is 5. The smallest absolute Gasteiger partial charge is 0.347 e. The van der Waals surface area contributed by atoms with E-state index < -0.39 is 21.9 Å². The van der Waals surface area contributed by atoms with Crippen LogP contribution in [0.2, 0.25) is 0 Å². The molecule has 0 aliphatic heterocycles. The van der Waals surface area contributed by atoms with Gasteiger partial charge in [0.25, 0.3) is 0 Å². The highest BCUT2D eigenvalue weighted by Crippen LogP contribution is 2.59. The van der Waals surface area contributed by atoms with E-state index in [1.807, 2.05) is 0 Å². The molecule has 0 aliphatic carbocycles. The zero-order valence-corrected chi connectivity index (χ0v) is 14.2. The van der Waals surface area contributed by atoms with Gasteiger partial charge in [-0.05, 0) is 49.9 Å². The average molecular weight is 336 g/mol. The molecule has 3 N–H and O–H groups in total. The fourth-order valence-electron chi connectivity index (χ4n) is 2.49. The van der Waals surface area contributed by atoms with Crippen LogP contribution in [0.4, 0.5) is 0 Å². The molecule has 0 heterocycles. The van der Waals surface area contributed by atoms with Gasteiger partial charge in [0.1, 0.15) is 5.75 Å². The van der Waals surface area contributed by atoms with Crippen molar-refractivity contribution >= 4 is 17.4 Å². The molecule has 0 spiro atoms. The summed E-state index contributed by atoms with van der Waals surface area (Å²) < 4.78 is 35.3. The molecule has 0 radical (unpaired) electrons. The highest BCUT2D eigenvalue weighted by atomic mass is 32.2. The van der Waals surface area contributed by atoms with E-state index in [1.54, 1.807) is 13.8 Å². The van der Waals surface area contributed by atoms with Crippen molar-refractivity contribution in [2.24, 2.45) is 0 Å². The third kappa shape index (κ3) is 2.75. The summed E-state index contributed by atoms with van der Waals surface area (Å²) in [7, 11) is -9.14. The van der Waals surface area contributed by atoms with Crippen LogP contribution in [0.15, 0.2) is 17.0 Å². The van der Waals surface area contributed by atoms with Gasteiger partial charge >= 0.3 is 7.60 Å². The van der Waals surface area contributed by atoms with Crippen LogP contribution in [0.1, 0.15) is 37.8 Å². The van der Waals surface area contributed by atoms with E-state index in [0.29, 0.717) is 11.1 Å². The second kappa shape index (κ2) is 5.72. The molecular weight excluding hydrogens is 315 g/mol. The number of aryl methyl sites for hydroxylation is 2. The molecule has 0 aromatic heterocycles. The minimum absolute atomic E-state index is 0.0243. The second-order valence-electron chi connectivity index (χ2n) is 5.11. The predicted molar refractivity (Wildman–Crippen MR) is 80.1 cm³/mol. The Morgan fingerprint density at radius 1 is 1.10 bits per heavy atom. The Kier molecular flexibility index (Phi) is 4.95. The van der Waals surface area contributed by atoms with Crippen LogP contribution in [0.25, 0.3) is 0 Å². The monoisotopic (exact) mass is 336 g/mol. The van der Waals surface area contributed by atoms with Crippen LogP contribution in [-0.2, 0) is 14.4 Å². The SMILES string of the molecule is CCC(CC)(P(=O)(O)O)S(=O)(=O)c1cc(C)c(O)c(C)c1. The molecule has 21 heavy (non-hydrogen) atoms. The van der Waals surface area contributed by atoms with Crippen molar-refractivity contribution in [3.05, 3.63) is 23.3 Å². The molecule has 0 saturated carbocycles. The van der Waals surface area contributed by atoms with Crippen LogP contribution < -0.4 is 0 Å². The van der Waals surface area contributed by atoms with E-state index in [9.17, 15) is 27.9 Å². The molecule has 0 bridgehead atoms. The van der Waals surface area contributed by atoms with Crippen molar-refractivity contribution in [1.29, 1.82) is 0 Å². The molecule has 6 nitrogen and oxygen atoms in total. The Bertz CT molecular complexity index is 662. The maximum absolute atomic E-state index is 12.8. The van der Waals surface area contributed by atoms with Gasteiger partial charge in [-0.15, -0.1) is 0 Å². The van der Waals surface area contributed by atoms with Crippen molar-refractivity contribution < 1.29 is 27.9 Å². The third-order valence-electron chi connectivity index (χ3n) is 3.91. The van der Waals surface area contributed by atoms with Crippen LogP contribution >= 0.6 is 7.60 Å². The topological polar surface area (TPSA) is 112 Å². The van der Waals surface area contributed by atoms with E-state index >= 15 is 0 Å². The van der Waals surface area contributed by atoms with Crippen molar-refractivity contribution in [2.75, 3.05) is 0 Å². The first-order valence-electron chi connectivity index (χ1n) is 6.55. The molecular formula is C13H21O6PS. The van der Waals surface area contributed by atoms with Crippen LogP contribution in [0, 0.1) is 13.8 Å². The lowest BCUT2D eigenvalue weighted by Crippen LogP contribution is -2.37. The number of aromatic hydroxyl groups is 1. The molecule has 0 aliphatic rings. The fraction of sp³-hybridized carbons (Fsp3) is 0.538. The zero-order chi connectivity index (χ0) is 16.6. The molecule has 1 rings (SSSR count). The fourth-order valence-corrected chi connectivity index (χ4v) is 6.74. The first kappa shape index (κ1) is 18.2. The molecule has 0 saturated heterocycles. The summed E-state index contributed by atoms with van der Waals surface area (Å²) in [4.78, 5) is 19.0. The van der Waals surface area contributed by atoms with Gasteiger partial charge in [0.2, 0.25) is 0 Å². The molecule has 0 fully saturated rings. The van der Waals surface area contributed by atoms with Crippen molar-refractivity contribution in [3.63, 3.8) is 0 Å². The van der Waals surface area contributed by atoms with E-state index in [2.05, 4.69) is 0 Å². The Morgan fingerprint density at radius 3 is 1.76 bits per heavy atom. The molecule has 0 atom stereocenters. The van der Waals surface area contributed by atoms with Gasteiger partial charge < -0.3 is 14.9 Å². The number of hydrogen-bond acceptors (Lipinski definition) is 4. The molecule has 0 amide bonds. The zero-order valence-electron chi connectivity index (χ0n) is 12.5. The summed E-state index contributed by atoms with van der Waals surface area (Å²) in [5.41, 5.74) is 0.695. The standard InChI is InChI=1S/C13H21O6PS/c1-5-13(6-2,20(15,16)17)21(18,19)11-7-9(3)12(14)10(4)8-11/h7-8,14H,5-6H2,1-4H3,(H2,15,16,17). The quantitative estimate of drug-likeness (QED) is 0.712. The Balaban J connectivity index is 3.71. The number of phenols is 1. The summed E-state index contributed by atoms with van der Waals surface area (Å²) in [6.45, 7) is 5.97. The molecule has 0 unspecified atom stereocenters. The number of phenolic OH excluding ortho intramolecular Hbond substituents is 1. The number of hydrogen-bond donors (Lipinski definition) is 3. The number of sulfone groups is 1. The van der Waals surface area contributed by atoms with E-state index in [4.69, 9.17) is 0 Å². The summed E-state index contributed by atoms with van der Waals surface area (Å²) in [6, 6.07) is 2.49. The number of benzene rings is 1. The van der Waals surface area contributed by atoms with Gasteiger partial charge in [-0.25, -0.2) is 8.42 Å². The van der Waals surface area contributed by atoms with Gasteiger partial charge in [-0.2, -0.15) is 0 Å². The summed E-state index contributed by atoms with van der Waals surface area (Å²) in [6.07, 6.45) is -0.399. The van der Waals surface area contributed by atoms with Crippen molar-refractivity contribution in [3.8, 4) is 5.75 Å². The maximum atomic E-state index is 12.8.